The summed E-state index contributed by atoms with van der Waals surface area (Å²) in [5.41, 5.74) is 3.24. The fourth-order valence-electron chi connectivity index (χ4n) is 1.42. The predicted octanol–water partition coefficient (Wildman–Crippen LogP) is 2.58. The van der Waals surface area contributed by atoms with Gasteiger partial charge >= 0.3 is 0 Å². The SMILES string of the molecule is CCCc1cnc2cccnc2c1. The second-order valence-corrected chi connectivity index (χ2v) is 3.14. The predicted molar refractivity (Wildman–Crippen MR) is 53.5 cm³/mol. The topological polar surface area (TPSA) is 25.8 Å². The minimum atomic E-state index is 0.974. The molecule has 0 fully saturated rings. The number of nitrogens with zero attached hydrogens (tertiary/aromatic N) is 2. The number of rotatable bonds is 2. The van der Waals surface area contributed by atoms with Crippen molar-refractivity contribution in [3.05, 3.63) is 36.2 Å². The Morgan fingerprint density at radius 2 is 2.15 bits per heavy atom. The van der Waals surface area contributed by atoms with Crippen LogP contribution in [0, 0.1) is 0 Å². The van der Waals surface area contributed by atoms with Crippen molar-refractivity contribution in [2.24, 2.45) is 0 Å². The van der Waals surface area contributed by atoms with Crippen molar-refractivity contribution in [1.82, 2.24) is 9.97 Å². The summed E-state index contributed by atoms with van der Waals surface area (Å²) in [6.07, 6.45) is 5.98. The molecule has 2 heterocycles. The van der Waals surface area contributed by atoms with Gasteiger partial charge < -0.3 is 0 Å². The van der Waals surface area contributed by atoms with Crippen LogP contribution in [0.1, 0.15) is 18.9 Å². The molecule has 0 aromatic carbocycles. The molecule has 2 aromatic heterocycles. The maximum atomic E-state index is 4.34. The first-order valence-corrected chi connectivity index (χ1v) is 4.60. The molecule has 0 aliphatic carbocycles. The molecule has 0 radical (unpaired) electrons. The summed E-state index contributed by atoms with van der Waals surface area (Å²) in [5.74, 6) is 0. The third-order valence-electron chi connectivity index (χ3n) is 2.05. The van der Waals surface area contributed by atoms with Gasteiger partial charge in [-0.2, -0.15) is 0 Å². The van der Waals surface area contributed by atoms with Crippen molar-refractivity contribution in [2.45, 2.75) is 19.8 Å². The quantitative estimate of drug-likeness (QED) is 0.695. The zero-order valence-corrected chi connectivity index (χ0v) is 7.70. The van der Waals surface area contributed by atoms with E-state index < -0.39 is 0 Å². The normalized spacial score (nSPS) is 10.5. The van der Waals surface area contributed by atoms with Crippen LogP contribution in [0.25, 0.3) is 11.0 Å². The lowest BCUT2D eigenvalue weighted by Gasteiger charge is -1.99. The summed E-state index contributed by atoms with van der Waals surface area (Å²) in [4.78, 5) is 8.60. The van der Waals surface area contributed by atoms with Crippen LogP contribution in [-0.4, -0.2) is 9.97 Å². The first-order chi connectivity index (χ1) is 6.40. The summed E-state index contributed by atoms with van der Waals surface area (Å²) in [6, 6.07) is 6.01. The van der Waals surface area contributed by atoms with Crippen molar-refractivity contribution in [1.29, 1.82) is 0 Å². The van der Waals surface area contributed by atoms with Gasteiger partial charge in [-0.1, -0.05) is 13.3 Å². The molecule has 0 aliphatic rings. The molecule has 0 spiro atoms. The van der Waals surface area contributed by atoms with Crippen LogP contribution in [0.15, 0.2) is 30.6 Å². The summed E-state index contributed by atoms with van der Waals surface area (Å²) >= 11 is 0. The van der Waals surface area contributed by atoms with E-state index in [2.05, 4.69) is 23.0 Å². The molecule has 0 saturated heterocycles. The van der Waals surface area contributed by atoms with Gasteiger partial charge in [0.15, 0.2) is 0 Å². The van der Waals surface area contributed by atoms with Gasteiger partial charge in [-0.15, -0.1) is 0 Å². The maximum Gasteiger partial charge on any atom is 0.0889 e. The third-order valence-corrected chi connectivity index (χ3v) is 2.05. The minimum absolute atomic E-state index is 0.974. The summed E-state index contributed by atoms with van der Waals surface area (Å²) in [6.45, 7) is 2.17. The van der Waals surface area contributed by atoms with Crippen molar-refractivity contribution >= 4 is 11.0 Å². The first-order valence-electron chi connectivity index (χ1n) is 4.60. The Hall–Kier alpha value is -1.44. The molecule has 2 nitrogen and oxygen atoms in total. The zero-order chi connectivity index (χ0) is 9.10. The monoisotopic (exact) mass is 172 g/mol. The van der Waals surface area contributed by atoms with Gasteiger partial charge in [0.2, 0.25) is 0 Å². The maximum absolute atomic E-state index is 4.34. The van der Waals surface area contributed by atoms with E-state index in [4.69, 9.17) is 0 Å². The van der Waals surface area contributed by atoms with Gasteiger partial charge in [-0.25, -0.2) is 0 Å². The molecule has 2 heteroatoms. The van der Waals surface area contributed by atoms with E-state index in [1.54, 1.807) is 6.20 Å². The molecule has 0 atom stereocenters. The van der Waals surface area contributed by atoms with E-state index in [1.807, 2.05) is 18.3 Å². The smallest absolute Gasteiger partial charge is 0.0889 e. The highest BCUT2D eigenvalue weighted by Crippen LogP contribution is 2.10. The summed E-state index contributed by atoms with van der Waals surface area (Å²) in [5, 5.41) is 0. The molecule has 0 unspecified atom stereocenters. The molecule has 0 saturated carbocycles. The lowest BCUT2D eigenvalue weighted by molar-refractivity contribution is 0.917. The van der Waals surface area contributed by atoms with Crippen LogP contribution in [0.2, 0.25) is 0 Å². The van der Waals surface area contributed by atoms with E-state index in [9.17, 15) is 0 Å². The second-order valence-electron chi connectivity index (χ2n) is 3.14. The summed E-state index contributed by atoms with van der Waals surface area (Å²) < 4.78 is 0. The number of aryl methyl sites for hydroxylation is 1. The van der Waals surface area contributed by atoms with Crippen LogP contribution >= 0.6 is 0 Å². The summed E-state index contributed by atoms with van der Waals surface area (Å²) in [7, 11) is 0. The highest BCUT2D eigenvalue weighted by Gasteiger charge is 1.96. The van der Waals surface area contributed by atoms with Crippen LogP contribution in [0.5, 0.6) is 0 Å². The highest BCUT2D eigenvalue weighted by molar-refractivity contribution is 5.73. The van der Waals surface area contributed by atoms with Crippen LogP contribution in [0.4, 0.5) is 0 Å². The number of aromatic nitrogens is 2. The molecule has 0 aliphatic heterocycles. The number of pyridine rings is 2. The Labute approximate surface area is 77.6 Å². The lowest BCUT2D eigenvalue weighted by Crippen LogP contribution is -1.87. The molecule has 2 rings (SSSR count). The Bertz CT molecular complexity index is 410. The van der Waals surface area contributed by atoms with Gasteiger partial charge in [0, 0.05) is 12.4 Å². The number of hydrogen-bond acceptors (Lipinski definition) is 2. The van der Waals surface area contributed by atoms with Crippen molar-refractivity contribution in [3.63, 3.8) is 0 Å². The van der Waals surface area contributed by atoms with Gasteiger partial charge in [0.1, 0.15) is 0 Å². The van der Waals surface area contributed by atoms with E-state index in [0.29, 0.717) is 0 Å². The average molecular weight is 172 g/mol. The Balaban J connectivity index is 2.49. The van der Waals surface area contributed by atoms with E-state index in [0.717, 1.165) is 23.9 Å². The zero-order valence-electron chi connectivity index (χ0n) is 7.70. The first kappa shape index (κ1) is 8.17. The molecular formula is C11H12N2. The highest BCUT2D eigenvalue weighted by atomic mass is 14.7. The third kappa shape index (κ3) is 1.66. The van der Waals surface area contributed by atoms with Crippen molar-refractivity contribution in [3.8, 4) is 0 Å². The van der Waals surface area contributed by atoms with Crippen molar-refractivity contribution in [2.75, 3.05) is 0 Å². The largest absolute Gasteiger partial charge is 0.255 e. The minimum Gasteiger partial charge on any atom is -0.255 e. The molecule has 0 bridgehead atoms. The molecule has 66 valence electrons. The lowest BCUT2D eigenvalue weighted by atomic mass is 10.1. The van der Waals surface area contributed by atoms with Crippen LogP contribution < -0.4 is 0 Å². The van der Waals surface area contributed by atoms with Crippen LogP contribution in [-0.2, 0) is 6.42 Å². The van der Waals surface area contributed by atoms with Crippen molar-refractivity contribution < 1.29 is 0 Å². The standard InChI is InChI=1S/C11H12N2/c1-2-4-9-7-11-10(13-8-9)5-3-6-12-11/h3,5-8H,2,4H2,1H3. The van der Waals surface area contributed by atoms with Gasteiger partial charge in [-0.05, 0) is 30.2 Å². The Morgan fingerprint density at radius 1 is 1.23 bits per heavy atom. The fourth-order valence-corrected chi connectivity index (χ4v) is 1.42. The van der Waals surface area contributed by atoms with Gasteiger partial charge in [-0.3, -0.25) is 9.97 Å². The Kier molecular flexibility index (Phi) is 2.21. The number of hydrogen-bond donors (Lipinski definition) is 0. The van der Waals surface area contributed by atoms with Gasteiger partial charge in [0.25, 0.3) is 0 Å². The van der Waals surface area contributed by atoms with Gasteiger partial charge in [0.05, 0.1) is 11.0 Å². The average Bonchev–Trinajstić information content (AvgIpc) is 2.18. The fraction of sp³-hybridized carbons (Fsp3) is 0.273. The van der Waals surface area contributed by atoms with Crippen LogP contribution in [0.3, 0.4) is 0 Å². The Morgan fingerprint density at radius 3 is 3.00 bits per heavy atom. The van der Waals surface area contributed by atoms with E-state index in [-0.39, 0.29) is 0 Å². The molecule has 13 heavy (non-hydrogen) atoms. The number of fused-ring (bicyclic) bond motifs is 1. The molecule has 2 aromatic rings. The molecule has 0 N–H and O–H groups in total. The molecular weight excluding hydrogens is 160 g/mol. The van der Waals surface area contributed by atoms with E-state index in [1.165, 1.54) is 5.56 Å². The second kappa shape index (κ2) is 3.52. The van der Waals surface area contributed by atoms with E-state index >= 15 is 0 Å². The molecule has 0 amide bonds.